The Morgan fingerprint density at radius 1 is 0.903 bits per heavy atom. The van der Waals surface area contributed by atoms with E-state index in [-0.39, 0.29) is 18.4 Å². The molecule has 0 radical (unpaired) electrons. The number of hydrogen-bond acceptors (Lipinski definition) is 2. The van der Waals surface area contributed by atoms with E-state index >= 15 is 0 Å². The Balaban J connectivity index is 1.37. The van der Waals surface area contributed by atoms with Crippen molar-refractivity contribution in [2.45, 2.75) is 97.8 Å². The highest BCUT2D eigenvalue weighted by molar-refractivity contribution is 5.84. The van der Waals surface area contributed by atoms with Crippen molar-refractivity contribution in [2.75, 3.05) is 13.6 Å². The summed E-state index contributed by atoms with van der Waals surface area (Å²) in [6.45, 7) is 7.76. The van der Waals surface area contributed by atoms with Crippen molar-refractivity contribution in [2.24, 2.45) is 46.3 Å². The zero-order chi connectivity index (χ0) is 22.2. The van der Waals surface area contributed by atoms with Gasteiger partial charge in [0.25, 0.3) is 0 Å². The summed E-state index contributed by atoms with van der Waals surface area (Å²) in [5, 5.41) is 5.32. The second-order valence-electron chi connectivity index (χ2n) is 12.1. The van der Waals surface area contributed by atoms with Gasteiger partial charge in [-0.05, 0) is 104 Å². The lowest BCUT2D eigenvalue weighted by Gasteiger charge is -2.61. The first-order valence-electron chi connectivity index (χ1n) is 13.3. The number of carbonyl (C=O) groups is 2. The van der Waals surface area contributed by atoms with Crippen molar-refractivity contribution >= 4 is 11.8 Å². The van der Waals surface area contributed by atoms with E-state index in [1.165, 1.54) is 64.2 Å². The Kier molecular flexibility index (Phi) is 6.75. The van der Waals surface area contributed by atoms with Crippen molar-refractivity contribution in [3.05, 3.63) is 0 Å². The van der Waals surface area contributed by atoms with Crippen LogP contribution in [0.5, 0.6) is 0 Å². The third kappa shape index (κ3) is 4.17. The van der Waals surface area contributed by atoms with Crippen LogP contribution >= 0.6 is 0 Å². The molecule has 8 atom stereocenters. The topological polar surface area (TPSA) is 58.2 Å². The standard InChI is InChI=1S/C27H46N2O2/c1-18(8-13-24(30)29-17-25(31)28-4)21-11-12-22-20-10-9-19-7-5-6-15-26(19,2)23(20)14-16-27(21,22)3/h18-23H,5-17H2,1-4H3,(H,28,31)(H,29,30)/t18-,19?,20?,21?,22?,23?,26?,27?/m1/s1. The molecule has 4 aliphatic rings. The lowest BCUT2D eigenvalue weighted by atomic mass is 9.44. The molecule has 4 rings (SSSR count). The number of likely N-dealkylation sites (N-methyl/N-ethyl adjacent to an activating group) is 1. The van der Waals surface area contributed by atoms with Gasteiger partial charge in [-0.3, -0.25) is 9.59 Å². The van der Waals surface area contributed by atoms with E-state index in [1.807, 2.05) is 0 Å². The fraction of sp³-hybridized carbons (Fsp3) is 0.926. The molecular formula is C27H46N2O2. The van der Waals surface area contributed by atoms with Crippen LogP contribution in [0, 0.1) is 46.3 Å². The van der Waals surface area contributed by atoms with Crippen LogP contribution in [0.4, 0.5) is 0 Å². The Morgan fingerprint density at radius 2 is 1.68 bits per heavy atom. The van der Waals surface area contributed by atoms with Gasteiger partial charge in [-0.15, -0.1) is 0 Å². The molecule has 0 aromatic heterocycles. The lowest BCUT2D eigenvalue weighted by molar-refractivity contribution is -0.126. The van der Waals surface area contributed by atoms with Crippen LogP contribution < -0.4 is 10.6 Å². The highest BCUT2D eigenvalue weighted by Gasteiger charge is 2.60. The first-order chi connectivity index (χ1) is 14.8. The summed E-state index contributed by atoms with van der Waals surface area (Å²) in [7, 11) is 1.60. The summed E-state index contributed by atoms with van der Waals surface area (Å²) < 4.78 is 0. The maximum absolute atomic E-state index is 12.2. The molecule has 2 amide bonds. The molecule has 176 valence electrons. The van der Waals surface area contributed by atoms with Gasteiger partial charge < -0.3 is 10.6 Å². The number of hydrogen-bond donors (Lipinski definition) is 2. The van der Waals surface area contributed by atoms with Crippen molar-refractivity contribution in [1.82, 2.24) is 10.6 Å². The molecule has 4 nitrogen and oxygen atoms in total. The molecule has 0 spiro atoms. The molecule has 0 aromatic carbocycles. The Hall–Kier alpha value is -1.06. The van der Waals surface area contributed by atoms with Crippen molar-refractivity contribution < 1.29 is 9.59 Å². The van der Waals surface area contributed by atoms with Gasteiger partial charge in [0.05, 0.1) is 6.54 Å². The summed E-state index contributed by atoms with van der Waals surface area (Å²) in [6, 6.07) is 0. The molecule has 0 saturated heterocycles. The first-order valence-corrected chi connectivity index (χ1v) is 13.3. The molecule has 4 saturated carbocycles. The monoisotopic (exact) mass is 430 g/mol. The minimum atomic E-state index is -0.134. The molecule has 0 aromatic rings. The zero-order valence-electron chi connectivity index (χ0n) is 20.5. The number of carbonyl (C=O) groups excluding carboxylic acids is 2. The van der Waals surface area contributed by atoms with E-state index in [0.717, 1.165) is 36.0 Å². The lowest BCUT2D eigenvalue weighted by Crippen LogP contribution is -2.53. The SMILES string of the molecule is CNC(=O)CNC(=O)CC[C@@H](C)C1CCC2C3CCC4CCCCC4(C)C3CCC21C. The van der Waals surface area contributed by atoms with Crippen LogP contribution in [-0.4, -0.2) is 25.4 Å². The average Bonchev–Trinajstić information content (AvgIpc) is 3.12. The van der Waals surface area contributed by atoms with Gasteiger partial charge >= 0.3 is 0 Å². The van der Waals surface area contributed by atoms with Crippen molar-refractivity contribution in [3.63, 3.8) is 0 Å². The van der Waals surface area contributed by atoms with E-state index in [2.05, 4.69) is 31.4 Å². The molecule has 7 unspecified atom stereocenters. The highest BCUT2D eigenvalue weighted by Crippen LogP contribution is 2.68. The Bertz CT molecular complexity index is 678. The van der Waals surface area contributed by atoms with Crippen LogP contribution in [0.25, 0.3) is 0 Å². The smallest absolute Gasteiger partial charge is 0.239 e. The first kappa shape index (κ1) is 23.1. The second kappa shape index (κ2) is 9.06. The Labute approximate surface area is 190 Å². The summed E-state index contributed by atoms with van der Waals surface area (Å²) in [4.78, 5) is 23.6. The quantitative estimate of drug-likeness (QED) is 0.599. The second-order valence-corrected chi connectivity index (χ2v) is 12.1. The summed E-state index contributed by atoms with van der Waals surface area (Å²) in [5.74, 6) is 5.03. The van der Waals surface area contributed by atoms with Gasteiger partial charge in [-0.1, -0.05) is 33.6 Å². The van der Waals surface area contributed by atoms with Gasteiger partial charge in [0, 0.05) is 13.5 Å². The predicted molar refractivity (Wildman–Crippen MR) is 125 cm³/mol. The van der Waals surface area contributed by atoms with Gasteiger partial charge in [0.1, 0.15) is 0 Å². The van der Waals surface area contributed by atoms with Gasteiger partial charge in [-0.2, -0.15) is 0 Å². The molecular weight excluding hydrogens is 384 g/mol. The number of amides is 2. The normalized spacial score (nSPS) is 42.6. The van der Waals surface area contributed by atoms with E-state index in [1.54, 1.807) is 7.05 Å². The highest BCUT2D eigenvalue weighted by atomic mass is 16.2. The molecule has 31 heavy (non-hydrogen) atoms. The van der Waals surface area contributed by atoms with Crippen LogP contribution in [0.3, 0.4) is 0 Å². The van der Waals surface area contributed by atoms with Crippen LogP contribution in [0.2, 0.25) is 0 Å². The largest absolute Gasteiger partial charge is 0.358 e. The maximum Gasteiger partial charge on any atom is 0.239 e. The third-order valence-corrected chi connectivity index (χ3v) is 10.9. The van der Waals surface area contributed by atoms with Crippen LogP contribution in [0.1, 0.15) is 97.8 Å². The molecule has 0 aliphatic heterocycles. The number of nitrogens with one attached hydrogen (secondary N) is 2. The van der Waals surface area contributed by atoms with Gasteiger partial charge in [0.15, 0.2) is 0 Å². The fourth-order valence-corrected chi connectivity index (χ4v) is 9.19. The summed E-state index contributed by atoms with van der Waals surface area (Å²) in [6.07, 6.45) is 16.0. The summed E-state index contributed by atoms with van der Waals surface area (Å²) >= 11 is 0. The van der Waals surface area contributed by atoms with Crippen LogP contribution in [0.15, 0.2) is 0 Å². The minimum absolute atomic E-state index is 0.0161. The zero-order valence-corrected chi connectivity index (χ0v) is 20.5. The van der Waals surface area contributed by atoms with E-state index < -0.39 is 0 Å². The van der Waals surface area contributed by atoms with E-state index in [9.17, 15) is 9.59 Å². The van der Waals surface area contributed by atoms with Gasteiger partial charge in [-0.25, -0.2) is 0 Å². The molecule has 4 aliphatic carbocycles. The minimum Gasteiger partial charge on any atom is -0.358 e. The molecule has 2 N–H and O–H groups in total. The van der Waals surface area contributed by atoms with E-state index in [0.29, 0.717) is 23.2 Å². The van der Waals surface area contributed by atoms with Crippen molar-refractivity contribution in [3.8, 4) is 0 Å². The molecule has 0 bridgehead atoms. The van der Waals surface area contributed by atoms with E-state index in [4.69, 9.17) is 0 Å². The molecule has 0 heterocycles. The average molecular weight is 431 g/mol. The molecule has 4 heteroatoms. The molecule has 4 fully saturated rings. The van der Waals surface area contributed by atoms with Crippen LogP contribution in [-0.2, 0) is 9.59 Å². The third-order valence-electron chi connectivity index (χ3n) is 10.9. The fourth-order valence-electron chi connectivity index (χ4n) is 9.19. The Morgan fingerprint density at radius 3 is 2.45 bits per heavy atom. The summed E-state index contributed by atoms with van der Waals surface area (Å²) in [5.41, 5.74) is 1.09. The van der Waals surface area contributed by atoms with Crippen molar-refractivity contribution in [1.29, 1.82) is 0 Å². The number of fused-ring (bicyclic) bond motifs is 5. The number of rotatable bonds is 6. The predicted octanol–water partition coefficient (Wildman–Crippen LogP) is 5.31. The van der Waals surface area contributed by atoms with Gasteiger partial charge in [0.2, 0.25) is 11.8 Å². The maximum atomic E-state index is 12.2.